The van der Waals surface area contributed by atoms with E-state index >= 15 is 0 Å². The minimum atomic E-state index is -0.695. The Kier molecular flexibility index (Phi) is 23.2. The fourth-order valence-corrected chi connectivity index (χ4v) is 3.63. The van der Waals surface area contributed by atoms with Gasteiger partial charge in [0.1, 0.15) is 22.2 Å². The normalized spacial score (nSPS) is 13.3. The van der Waals surface area contributed by atoms with E-state index in [4.69, 9.17) is 39.5 Å². The van der Waals surface area contributed by atoms with Crippen molar-refractivity contribution in [1.82, 2.24) is 9.97 Å². The number of rotatable bonds is 8. The van der Waals surface area contributed by atoms with Crippen molar-refractivity contribution < 1.29 is 39.4 Å². The summed E-state index contributed by atoms with van der Waals surface area (Å²) in [6.45, 7) is 3.95. The number of nitro groups is 1. The van der Waals surface area contributed by atoms with Crippen LogP contribution >= 0.6 is 50.2 Å². The molecule has 0 saturated heterocycles. The summed E-state index contributed by atoms with van der Waals surface area (Å²) >= 11 is 11.5. The Bertz CT molecular complexity index is 1170. The van der Waals surface area contributed by atoms with Gasteiger partial charge in [0.2, 0.25) is 5.82 Å². The van der Waals surface area contributed by atoms with E-state index < -0.39 is 16.9 Å². The highest BCUT2D eigenvalue weighted by atomic mass is 35.5. The zero-order valence-electron chi connectivity index (χ0n) is 23.3. The van der Waals surface area contributed by atoms with E-state index in [0.717, 1.165) is 24.2 Å². The maximum absolute atomic E-state index is 11.7. The first kappa shape index (κ1) is 40.2. The van der Waals surface area contributed by atoms with Crippen LogP contribution in [-0.4, -0.2) is 62.5 Å². The number of nitrogens with one attached hydrogen (secondary N) is 2. The third kappa shape index (κ3) is 15.0. The molecule has 230 valence electrons. The summed E-state index contributed by atoms with van der Waals surface area (Å²) in [5.74, 6) is 0.466. The Hall–Kier alpha value is -2.98. The minimum Gasteiger partial charge on any atom is -0.467 e. The predicted molar refractivity (Wildman–Crippen MR) is 162 cm³/mol. The van der Waals surface area contributed by atoms with E-state index in [1.165, 1.54) is 19.2 Å². The van der Waals surface area contributed by atoms with Crippen molar-refractivity contribution in [3.63, 3.8) is 0 Å². The molecular weight excluding hydrogens is 625 g/mol. The number of ketones is 1. The zero-order chi connectivity index (χ0) is 30.7. The molecule has 0 aromatic carbocycles. The highest BCUT2D eigenvalue weighted by molar-refractivity contribution is 7.59. The lowest BCUT2D eigenvalue weighted by molar-refractivity contribution is -0.384. The number of hydrogen-bond acceptors (Lipinski definition) is 13. The summed E-state index contributed by atoms with van der Waals surface area (Å²) in [5.41, 5.74) is 0.700. The number of halogens is 2. The number of methoxy groups -OCH3 is 1. The van der Waals surface area contributed by atoms with Gasteiger partial charge < -0.3 is 15.4 Å². The monoisotopic (exact) mass is 658 g/mol. The fourth-order valence-electron chi connectivity index (χ4n) is 3.34. The number of carbonyl (C=O) groups excluding carboxylic acids is 4. The number of Topliss-reactive ketones (excluding diaryl/α,β-unsaturated/α-hetero) is 1. The van der Waals surface area contributed by atoms with Gasteiger partial charge in [-0.25, -0.2) is 14.8 Å². The van der Waals surface area contributed by atoms with Gasteiger partial charge in [0.15, 0.2) is 5.78 Å². The van der Waals surface area contributed by atoms with Gasteiger partial charge in [0.05, 0.1) is 18.1 Å². The Labute approximate surface area is 261 Å². The molecule has 4 N–H and O–H groups in total. The largest absolute Gasteiger partial charge is 0.467 e. The molecule has 0 aliphatic carbocycles. The van der Waals surface area contributed by atoms with Gasteiger partial charge in [-0.3, -0.25) is 25.4 Å². The van der Waals surface area contributed by atoms with E-state index in [0.29, 0.717) is 24.4 Å². The SMILES string of the molecule is CCCC1Nc2nc(Cl)ccc2CC1=O.CCC[C@H](Nc1nc(Cl)ccc1[N+](=O)[O-])C(=O)OC.O=C=O.S.S.[2H]OO. The van der Waals surface area contributed by atoms with Crippen molar-refractivity contribution in [2.45, 2.75) is 58.0 Å². The summed E-state index contributed by atoms with van der Waals surface area (Å²) < 4.78 is 9.90. The summed E-state index contributed by atoms with van der Waals surface area (Å²) in [6, 6.07) is 5.34. The Morgan fingerprint density at radius 3 is 2.32 bits per heavy atom. The van der Waals surface area contributed by atoms with Crippen LogP contribution in [0.2, 0.25) is 10.3 Å². The molecule has 2 atom stereocenters. The van der Waals surface area contributed by atoms with Gasteiger partial charge in [-0.1, -0.05) is 56.0 Å². The van der Waals surface area contributed by atoms with E-state index in [1.807, 2.05) is 13.0 Å². The summed E-state index contributed by atoms with van der Waals surface area (Å²) in [7, 11) is 1.26. The minimum absolute atomic E-state index is 0. The third-order valence-corrected chi connectivity index (χ3v) is 5.42. The lowest BCUT2D eigenvalue weighted by Gasteiger charge is -2.24. The first-order chi connectivity index (χ1) is 19.0. The lowest BCUT2D eigenvalue weighted by Crippen LogP contribution is -2.35. The Balaban J connectivity index is -0.000000593. The molecule has 0 radical (unpaired) electrons. The molecule has 2 aromatic heterocycles. The summed E-state index contributed by atoms with van der Waals surface area (Å²) in [5, 5.41) is 26.5. The molecule has 3 heterocycles. The average Bonchev–Trinajstić information content (AvgIpc) is 2.90. The number of carbonyl (C=O) groups is 2. The van der Waals surface area contributed by atoms with Gasteiger partial charge >= 0.3 is 17.8 Å². The first-order valence-corrected chi connectivity index (χ1v) is 12.1. The molecule has 0 amide bonds. The van der Waals surface area contributed by atoms with Crippen LogP contribution in [0, 0.1) is 10.1 Å². The number of esters is 1. The van der Waals surface area contributed by atoms with Crippen molar-refractivity contribution in [2.24, 2.45) is 0 Å². The van der Waals surface area contributed by atoms with E-state index in [9.17, 15) is 19.7 Å². The topological polar surface area (TPSA) is 211 Å². The summed E-state index contributed by atoms with van der Waals surface area (Å²) in [6.07, 6.45) is 3.74. The lowest BCUT2D eigenvalue weighted by atomic mass is 9.96. The molecule has 18 heteroatoms. The van der Waals surface area contributed by atoms with E-state index in [2.05, 4.69) is 37.5 Å². The van der Waals surface area contributed by atoms with E-state index in [-0.39, 0.29) is 61.6 Å². The van der Waals surface area contributed by atoms with Crippen LogP contribution < -0.4 is 10.6 Å². The van der Waals surface area contributed by atoms with Gasteiger partial charge in [0.25, 0.3) is 1.43 Å². The molecule has 1 aliphatic heterocycles. The number of aromatic nitrogens is 2. The van der Waals surface area contributed by atoms with Crippen LogP contribution in [0.3, 0.4) is 0 Å². The van der Waals surface area contributed by atoms with Crippen molar-refractivity contribution >= 4 is 85.4 Å². The number of pyridine rings is 2. The first-order valence-electron chi connectivity index (χ1n) is 11.8. The van der Waals surface area contributed by atoms with Crippen molar-refractivity contribution in [3.05, 3.63) is 50.2 Å². The van der Waals surface area contributed by atoms with Crippen LogP contribution in [0.1, 0.15) is 45.1 Å². The van der Waals surface area contributed by atoms with Gasteiger partial charge in [-0.05, 0) is 25.0 Å². The molecule has 14 nitrogen and oxygen atoms in total. The molecule has 0 bridgehead atoms. The van der Waals surface area contributed by atoms with Crippen LogP contribution in [-0.2, 0) is 30.3 Å². The molecular formula is C23H33Cl2N5O9S2. The van der Waals surface area contributed by atoms with Gasteiger partial charge in [-0.2, -0.15) is 36.6 Å². The molecule has 2 aromatic rings. The number of ether oxygens (including phenoxy) is 1. The summed E-state index contributed by atoms with van der Waals surface area (Å²) in [4.78, 5) is 57.8. The van der Waals surface area contributed by atoms with Crippen molar-refractivity contribution in [1.29, 1.82) is 1.43 Å². The van der Waals surface area contributed by atoms with Gasteiger partial charge in [-0.15, -0.1) is 0 Å². The van der Waals surface area contributed by atoms with Gasteiger partial charge in [0, 0.05) is 18.1 Å². The van der Waals surface area contributed by atoms with Crippen LogP contribution in [0.15, 0.2) is 24.3 Å². The second kappa shape index (κ2) is 23.7. The molecule has 1 unspecified atom stereocenters. The fraction of sp³-hybridized carbons (Fsp3) is 0.435. The maximum Gasteiger partial charge on any atom is 0.373 e. The standard InChI is InChI=1S/C11H14ClN3O4.C11H13ClN2O.CO2.H2O2.2H2S/c1-3-4-7(11(16)19-2)13-10-8(15(17)18)5-6-9(12)14-10;1-2-3-8-9(15)6-7-4-5-10(12)14-11(7)13-8;2-1-3;1-2;;/h5-7H,3-4H2,1-2H3,(H,13,14);4-5,8H,2-3,6H2,1H3,(H,13,14);;1-2H;2*1H2/t7-;;;;;/m0...../s1/i/hD. The predicted octanol–water partition coefficient (Wildman–Crippen LogP) is 4.50. The van der Waals surface area contributed by atoms with Crippen LogP contribution in [0.5, 0.6) is 0 Å². The number of fused-ring (bicyclic) bond motifs is 1. The van der Waals surface area contributed by atoms with Crippen molar-refractivity contribution in [2.75, 3.05) is 17.7 Å². The Morgan fingerprint density at radius 1 is 1.24 bits per heavy atom. The smallest absolute Gasteiger partial charge is 0.373 e. The van der Waals surface area contributed by atoms with E-state index in [1.54, 1.807) is 6.07 Å². The molecule has 1 aliphatic rings. The molecule has 0 fully saturated rings. The van der Waals surface area contributed by atoms with Crippen LogP contribution in [0.25, 0.3) is 1.43 Å². The number of hydrogen-bond donors (Lipinski definition) is 4. The van der Waals surface area contributed by atoms with Crippen LogP contribution in [0.4, 0.5) is 17.3 Å². The second-order valence-corrected chi connectivity index (χ2v) is 8.40. The maximum atomic E-state index is 11.7. The highest BCUT2D eigenvalue weighted by Crippen LogP contribution is 2.26. The molecule has 0 saturated carbocycles. The zero-order valence-corrected chi connectivity index (χ0v) is 25.8. The molecule has 3 rings (SSSR count). The molecule has 0 spiro atoms. The average molecular weight is 660 g/mol. The van der Waals surface area contributed by atoms with Crippen molar-refractivity contribution in [3.8, 4) is 0 Å². The second-order valence-electron chi connectivity index (χ2n) is 7.62. The third-order valence-electron chi connectivity index (χ3n) is 5.00. The quantitative estimate of drug-likeness (QED) is 0.101. The highest BCUT2D eigenvalue weighted by Gasteiger charge is 2.26. The Morgan fingerprint density at radius 2 is 1.80 bits per heavy atom. The molecule has 41 heavy (non-hydrogen) atoms. The number of nitrogens with zero attached hydrogens (tertiary/aromatic N) is 3. The number of anilines is 2.